The Hall–Kier alpha value is -2.73. The predicted octanol–water partition coefficient (Wildman–Crippen LogP) is 6.73. The highest BCUT2D eigenvalue weighted by molar-refractivity contribution is 5.72. The van der Waals surface area contributed by atoms with Gasteiger partial charge >= 0.3 is 0 Å². The van der Waals surface area contributed by atoms with Crippen molar-refractivity contribution in [1.29, 1.82) is 0 Å². The first-order valence-electron chi connectivity index (χ1n) is 9.76. The average molecular weight is 418 g/mol. The van der Waals surface area contributed by atoms with E-state index in [4.69, 9.17) is 0 Å². The molecule has 0 heterocycles. The summed E-state index contributed by atoms with van der Waals surface area (Å²) in [7, 11) is 0. The SMILES string of the molecule is OC1CCC(c2ccc(-c3ccc(-c4cc(F)c(F)c(F)c4)c(F)c3F)cc2)CC1. The Kier molecular flexibility index (Phi) is 5.60. The predicted molar refractivity (Wildman–Crippen MR) is 104 cm³/mol. The lowest BCUT2D eigenvalue weighted by Gasteiger charge is -2.25. The van der Waals surface area contributed by atoms with Gasteiger partial charge in [-0.2, -0.15) is 0 Å². The minimum atomic E-state index is -1.66. The molecule has 30 heavy (non-hydrogen) atoms. The van der Waals surface area contributed by atoms with E-state index in [9.17, 15) is 27.1 Å². The topological polar surface area (TPSA) is 20.2 Å². The quantitative estimate of drug-likeness (QED) is 0.369. The Morgan fingerprint density at radius 1 is 0.600 bits per heavy atom. The molecule has 1 aliphatic rings. The van der Waals surface area contributed by atoms with Crippen molar-refractivity contribution in [2.75, 3.05) is 0 Å². The highest BCUT2D eigenvalue weighted by Crippen LogP contribution is 2.36. The molecule has 0 radical (unpaired) electrons. The van der Waals surface area contributed by atoms with Crippen LogP contribution in [-0.4, -0.2) is 11.2 Å². The maximum Gasteiger partial charge on any atom is 0.194 e. The fourth-order valence-corrected chi connectivity index (χ4v) is 4.05. The third kappa shape index (κ3) is 3.84. The van der Waals surface area contributed by atoms with Gasteiger partial charge < -0.3 is 5.11 Å². The number of aliphatic hydroxyl groups excluding tert-OH is 1. The van der Waals surface area contributed by atoms with Crippen LogP contribution in [0.4, 0.5) is 22.0 Å². The maximum absolute atomic E-state index is 14.7. The average Bonchev–Trinajstić information content (AvgIpc) is 2.74. The lowest BCUT2D eigenvalue weighted by atomic mass is 9.82. The smallest absolute Gasteiger partial charge is 0.194 e. The lowest BCUT2D eigenvalue weighted by molar-refractivity contribution is 0.122. The van der Waals surface area contributed by atoms with E-state index in [1.54, 1.807) is 12.1 Å². The molecule has 0 atom stereocenters. The molecule has 1 nitrogen and oxygen atoms in total. The molecule has 0 aromatic heterocycles. The Balaban J connectivity index is 1.64. The molecule has 0 bridgehead atoms. The second-order valence-corrected chi connectivity index (χ2v) is 7.67. The Labute approximate surface area is 170 Å². The number of hydrogen-bond acceptors (Lipinski definition) is 1. The van der Waals surface area contributed by atoms with Crippen LogP contribution in [0.25, 0.3) is 22.3 Å². The van der Waals surface area contributed by atoms with Crippen LogP contribution in [-0.2, 0) is 0 Å². The van der Waals surface area contributed by atoms with Crippen LogP contribution in [0, 0.1) is 29.1 Å². The van der Waals surface area contributed by atoms with Gasteiger partial charge in [-0.1, -0.05) is 36.4 Å². The van der Waals surface area contributed by atoms with E-state index in [2.05, 4.69) is 0 Å². The summed E-state index contributed by atoms with van der Waals surface area (Å²) in [5, 5.41) is 9.63. The van der Waals surface area contributed by atoms with Crippen molar-refractivity contribution in [2.24, 2.45) is 0 Å². The first kappa shape index (κ1) is 20.5. The first-order valence-corrected chi connectivity index (χ1v) is 9.76. The largest absolute Gasteiger partial charge is 0.393 e. The zero-order valence-corrected chi connectivity index (χ0v) is 15.9. The molecular formula is C24H19F5O. The van der Waals surface area contributed by atoms with Gasteiger partial charge in [0.05, 0.1) is 6.10 Å². The molecule has 0 amide bonds. The Morgan fingerprint density at radius 2 is 1.10 bits per heavy atom. The van der Waals surface area contributed by atoms with Crippen LogP contribution in [0.5, 0.6) is 0 Å². The molecule has 3 aromatic carbocycles. The fourth-order valence-electron chi connectivity index (χ4n) is 4.05. The number of aliphatic hydroxyl groups is 1. The van der Waals surface area contributed by atoms with Crippen LogP contribution >= 0.6 is 0 Å². The molecule has 1 fully saturated rings. The van der Waals surface area contributed by atoms with Gasteiger partial charge in [0.25, 0.3) is 0 Å². The van der Waals surface area contributed by atoms with Crippen molar-refractivity contribution in [3.8, 4) is 22.3 Å². The summed E-state index contributed by atoms with van der Waals surface area (Å²) in [5.41, 5.74) is 0.926. The van der Waals surface area contributed by atoms with Crippen molar-refractivity contribution < 1.29 is 27.1 Å². The minimum absolute atomic E-state index is 0.0184. The molecule has 0 spiro atoms. The van der Waals surface area contributed by atoms with Gasteiger partial charge in [-0.3, -0.25) is 0 Å². The highest BCUT2D eigenvalue weighted by Gasteiger charge is 2.22. The number of rotatable bonds is 3. The zero-order chi connectivity index (χ0) is 21.4. The molecule has 4 rings (SSSR count). The summed E-state index contributed by atoms with van der Waals surface area (Å²) in [4.78, 5) is 0. The van der Waals surface area contributed by atoms with Crippen molar-refractivity contribution in [3.63, 3.8) is 0 Å². The summed E-state index contributed by atoms with van der Waals surface area (Å²) in [6.45, 7) is 0. The molecule has 156 valence electrons. The van der Waals surface area contributed by atoms with E-state index >= 15 is 0 Å². The van der Waals surface area contributed by atoms with Gasteiger partial charge in [0.15, 0.2) is 29.1 Å². The Morgan fingerprint density at radius 3 is 1.63 bits per heavy atom. The van der Waals surface area contributed by atoms with Crippen LogP contribution in [0.2, 0.25) is 0 Å². The van der Waals surface area contributed by atoms with Crippen molar-refractivity contribution in [3.05, 3.63) is 83.2 Å². The molecule has 0 saturated heterocycles. The molecule has 1 saturated carbocycles. The first-order chi connectivity index (χ1) is 14.3. The minimum Gasteiger partial charge on any atom is -0.393 e. The van der Waals surface area contributed by atoms with E-state index in [0.717, 1.165) is 31.2 Å². The number of hydrogen-bond donors (Lipinski definition) is 1. The summed E-state index contributed by atoms with van der Waals surface area (Å²) in [6.07, 6.45) is 3.00. The van der Waals surface area contributed by atoms with Gasteiger partial charge in [0.2, 0.25) is 0 Å². The third-order valence-electron chi connectivity index (χ3n) is 5.77. The van der Waals surface area contributed by atoms with E-state index in [1.165, 1.54) is 12.1 Å². The van der Waals surface area contributed by atoms with Gasteiger partial charge in [-0.25, -0.2) is 22.0 Å². The molecular weight excluding hydrogens is 399 g/mol. The molecule has 1 N–H and O–H groups in total. The fraction of sp³-hybridized carbons (Fsp3) is 0.250. The monoisotopic (exact) mass is 418 g/mol. The molecule has 3 aromatic rings. The van der Waals surface area contributed by atoms with E-state index < -0.39 is 29.1 Å². The lowest BCUT2D eigenvalue weighted by Crippen LogP contribution is -2.16. The standard InChI is InChI=1S/C24H19F5O/c25-20-11-16(12-21(26)24(20)29)19-10-9-18(22(27)23(19)28)15-3-1-13(2-4-15)14-5-7-17(30)8-6-14/h1-4,9-12,14,17,30H,5-8H2. The molecule has 1 aliphatic carbocycles. The highest BCUT2D eigenvalue weighted by atomic mass is 19.2. The van der Waals surface area contributed by atoms with E-state index in [0.29, 0.717) is 23.6 Å². The second kappa shape index (κ2) is 8.19. The van der Waals surface area contributed by atoms with Gasteiger partial charge in [-0.05, 0) is 60.4 Å². The second-order valence-electron chi connectivity index (χ2n) is 7.67. The Bertz CT molecular complexity index is 1050. The van der Waals surface area contributed by atoms with Gasteiger partial charge in [0.1, 0.15) is 0 Å². The maximum atomic E-state index is 14.7. The van der Waals surface area contributed by atoms with Crippen LogP contribution in [0.3, 0.4) is 0 Å². The normalized spacial score (nSPS) is 19.1. The molecule has 0 aliphatic heterocycles. The van der Waals surface area contributed by atoms with Crippen molar-refractivity contribution in [2.45, 2.75) is 37.7 Å². The van der Waals surface area contributed by atoms with Crippen LogP contribution in [0.15, 0.2) is 48.5 Å². The van der Waals surface area contributed by atoms with Gasteiger partial charge in [0, 0.05) is 11.1 Å². The third-order valence-corrected chi connectivity index (χ3v) is 5.77. The molecule has 6 heteroatoms. The van der Waals surface area contributed by atoms with Crippen LogP contribution < -0.4 is 0 Å². The van der Waals surface area contributed by atoms with Gasteiger partial charge in [-0.15, -0.1) is 0 Å². The summed E-state index contributed by atoms with van der Waals surface area (Å²) in [5.74, 6) is -6.69. The summed E-state index contributed by atoms with van der Waals surface area (Å²) in [6, 6.07) is 11.0. The zero-order valence-electron chi connectivity index (χ0n) is 15.9. The molecule has 0 unspecified atom stereocenters. The van der Waals surface area contributed by atoms with E-state index in [1.807, 2.05) is 12.1 Å². The summed E-state index contributed by atoms with van der Waals surface area (Å²) >= 11 is 0. The van der Waals surface area contributed by atoms with E-state index in [-0.39, 0.29) is 22.8 Å². The van der Waals surface area contributed by atoms with Crippen molar-refractivity contribution >= 4 is 0 Å². The van der Waals surface area contributed by atoms with Crippen molar-refractivity contribution in [1.82, 2.24) is 0 Å². The van der Waals surface area contributed by atoms with Crippen LogP contribution in [0.1, 0.15) is 37.2 Å². The number of benzene rings is 3. The summed E-state index contributed by atoms with van der Waals surface area (Å²) < 4.78 is 69.5. The number of halogens is 5.